The van der Waals surface area contributed by atoms with Gasteiger partial charge in [-0.2, -0.15) is 0 Å². The van der Waals surface area contributed by atoms with Crippen LogP contribution in [0.1, 0.15) is 92.9 Å². The third kappa shape index (κ3) is 6.43. The van der Waals surface area contributed by atoms with Crippen molar-refractivity contribution in [3.05, 3.63) is 28.8 Å². The molecular formula is C24H41O4P. The lowest BCUT2D eigenvalue weighted by atomic mass is 9.75. The number of rotatable bonds is 6. The van der Waals surface area contributed by atoms with E-state index < -0.39 is 13.3 Å². The number of carbonyl (C=O) groups excluding carboxylic acids is 1. The molecule has 1 aromatic rings. The van der Waals surface area contributed by atoms with Crippen molar-refractivity contribution in [3.63, 3.8) is 0 Å². The van der Waals surface area contributed by atoms with Gasteiger partial charge in [-0.3, -0.25) is 9.36 Å². The van der Waals surface area contributed by atoms with Gasteiger partial charge >= 0.3 is 5.97 Å². The molecule has 1 aromatic carbocycles. The van der Waals surface area contributed by atoms with Crippen LogP contribution in [0, 0.1) is 0 Å². The van der Waals surface area contributed by atoms with Crippen LogP contribution < -0.4 is 5.30 Å². The first-order valence-electron chi connectivity index (χ1n) is 10.6. The van der Waals surface area contributed by atoms with Gasteiger partial charge < -0.3 is 9.26 Å². The second-order valence-electron chi connectivity index (χ2n) is 10.7. The van der Waals surface area contributed by atoms with Gasteiger partial charge in [0.15, 0.2) is 0 Å². The summed E-state index contributed by atoms with van der Waals surface area (Å²) in [6.07, 6.45) is -0.240. The molecule has 0 N–H and O–H groups in total. The molecule has 5 heteroatoms. The van der Waals surface area contributed by atoms with E-state index in [0.29, 0.717) is 5.30 Å². The highest BCUT2D eigenvalue weighted by atomic mass is 31.2. The molecule has 166 valence electrons. The van der Waals surface area contributed by atoms with Crippen molar-refractivity contribution in [1.29, 1.82) is 0 Å². The number of benzene rings is 1. The predicted molar refractivity (Wildman–Crippen MR) is 123 cm³/mol. The topological polar surface area (TPSA) is 52.6 Å². The molecule has 0 radical (unpaired) electrons. The molecule has 0 spiro atoms. The first kappa shape index (κ1) is 25.9. The first-order chi connectivity index (χ1) is 13.0. The van der Waals surface area contributed by atoms with E-state index in [0.717, 1.165) is 11.1 Å². The molecule has 4 nitrogen and oxygen atoms in total. The van der Waals surface area contributed by atoms with Crippen molar-refractivity contribution in [2.75, 3.05) is 19.4 Å². The molecule has 0 fully saturated rings. The monoisotopic (exact) mass is 424 g/mol. The highest BCUT2D eigenvalue weighted by molar-refractivity contribution is 7.68. The van der Waals surface area contributed by atoms with Gasteiger partial charge in [0, 0.05) is 5.30 Å². The van der Waals surface area contributed by atoms with Crippen LogP contribution in [0.4, 0.5) is 0 Å². The summed E-state index contributed by atoms with van der Waals surface area (Å²) in [6, 6.07) is 4.31. The molecule has 29 heavy (non-hydrogen) atoms. The smallest absolute Gasteiger partial charge is 0.315 e. The Labute approximate surface area is 178 Å². The molecule has 0 heterocycles. The molecule has 0 aliphatic carbocycles. The predicted octanol–water partition coefficient (Wildman–Crippen LogP) is 6.08. The quantitative estimate of drug-likeness (QED) is 0.410. The van der Waals surface area contributed by atoms with E-state index in [4.69, 9.17) is 9.26 Å². The summed E-state index contributed by atoms with van der Waals surface area (Å²) in [5, 5.41) is 0.695. The van der Waals surface area contributed by atoms with Gasteiger partial charge in [0.1, 0.15) is 6.16 Å². The van der Waals surface area contributed by atoms with Gasteiger partial charge in [0.2, 0.25) is 7.37 Å². The summed E-state index contributed by atoms with van der Waals surface area (Å²) in [6.45, 7) is 23.3. The summed E-state index contributed by atoms with van der Waals surface area (Å²) in [5.74, 6) is -0.483. The van der Waals surface area contributed by atoms with Gasteiger partial charge in [-0.05, 0) is 46.8 Å². The maximum absolute atomic E-state index is 14.3. The van der Waals surface area contributed by atoms with E-state index in [-0.39, 0.29) is 35.6 Å². The van der Waals surface area contributed by atoms with Crippen molar-refractivity contribution >= 4 is 18.6 Å². The van der Waals surface area contributed by atoms with Crippen LogP contribution >= 0.6 is 7.37 Å². The largest absolute Gasteiger partial charge is 0.466 e. The van der Waals surface area contributed by atoms with Crippen molar-refractivity contribution in [3.8, 4) is 0 Å². The van der Waals surface area contributed by atoms with Gasteiger partial charge in [-0.15, -0.1) is 0 Å². The van der Waals surface area contributed by atoms with Crippen LogP contribution in [0.2, 0.25) is 0 Å². The van der Waals surface area contributed by atoms with E-state index in [2.05, 4.69) is 74.4 Å². The fourth-order valence-corrected chi connectivity index (χ4v) is 6.11. The number of carbonyl (C=O) groups is 1. The Morgan fingerprint density at radius 3 is 1.59 bits per heavy atom. The van der Waals surface area contributed by atoms with Crippen LogP contribution in [0.25, 0.3) is 0 Å². The standard InChI is InChI=1S/C24H41O4P/c1-12-27-20(25)16-29(26,28-13-2)21-18(23(6,7)8)14-17(22(3,4)5)15-19(21)24(9,10)11/h14-15H,12-13,16H2,1-11H3. The van der Waals surface area contributed by atoms with Crippen molar-refractivity contribution in [2.24, 2.45) is 0 Å². The lowest BCUT2D eigenvalue weighted by Crippen LogP contribution is -2.34. The fraction of sp³-hybridized carbons (Fsp3) is 0.708. The van der Waals surface area contributed by atoms with Crippen molar-refractivity contribution in [1.82, 2.24) is 0 Å². The Morgan fingerprint density at radius 2 is 1.28 bits per heavy atom. The second kappa shape index (κ2) is 8.94. The molecule has 0 amide bonds. The lowest BCUT2D eigenvalue weighted by Gasteiger charge is -2.35. The molecule has 0 saturated heterocycles. The fourth-order valence-electron chi connectivity index (χ4n) is 3.35. The molecule has 0 aliphatic rings. The first-order valence-corrected chi connectivity index (χ1v) is 12.4. The SMILES string of the molecule is CCOC(=O)CP(=O)(OCC)c1c(C(C)(C)C)cc(C(C)(C)C)cc1C(C)(C)C. The molecule has 1 atom stereocenters. The minimum Gasteiger partial charge on any atom is -0.466 e. The maximum Gasteiger partial charge on any atom is 0.315 e. The van der Waals surface area contributed by atoms with Gasteiger partial charge in [0.05, 0.1) is 13.2 Å². The summed E-state index contributed by atoms with van der Waals surface area (Å²) < 4.78 is 25.3. The number of esters is 1. The second-order valence-corrected chi connectivity index (χ2v) is 13.1. The molecule has 0 aliphatic heterocycles. The summed E-state index contributed by atoms with van der Waals surface area (Å²) in [7, 11) is -3.47. The average molecular weight is 425 g/mol. The van der Waals surface area contributed by atoms with Crippen LogP contribution in [0.3, 0.4) is 0 Å². The van der Waals surface area contributed by atoms with Crippen LogP contribution in [0.15, 0.2) is 12.1 Å². The van der Waals surface area contributed by atoms with E-state index in [1.807, 2.05) is 6.92 Å². The maximum atomic E-state index is 14.3. The van der Waals surface area contributed by atoms with Crippen molar-refractivity contribution < 1.29 is 18.6 Å². The van der Waals surface area contributed by atoms with Crippen LogP contribution in [-0.4, -0.2) is 25.3 Å². The normalized spacial score (nSPS) is 15.1. The Bertz CT molecular complexity index is 739. The zero-order valence-corrected chi connectivity index (χ0v) is 21.3. The van der Waals surface area contributed by atoms with Crippen LogP contribution in [-0.2, 0) is 34.9 Å². The Balaban J connectivity index is 4.02. The van der Waals surface area contributed by atoms with Gasteiger partial charge in [-0.25, -0.2) is 0 Å². The number of ether oxygens (including phenoxy) is 1. The summed E-state index contributed by atoms with van der Waals surface area (Å²) in [4.78, 5) is 12.4. The van der Waals surface area contributed by atoms with Crippen molar-refractivity contribution in [2.45, 2.75) is 92.4 Å². The highest BCUT2D eigenvalue weighted by Gasteiger charge is 2.40. The Kier molecular flexibility index (Phi) is 7.99. The van der Waals surface area contributed by atoms with E-state index in [1.54, 1.807) is 6.92 Å². The van der Waals surface area contributed by atoms with E-state index >= 15 is 0 Å². The lowest BCUT2D eigenvalue weighted by molar-refractivity contribution is -0.140. The molecular weight excluding hydrogens is 383 g/mol. The zero-order valence-electron chi connectivity index (χ0n) is 20.4. The van der Waals surface area contributed by atoms with E-state index in [1.165, 1.54) is 5.56 Å². The summed E-state index contributed by atoms with van der Waals surface area (Å²) >= 11 is 0. The van der Waals surface area contributed by atoms with E-state index in [9.17, 15) is 9.36 Å². The third-order valence-corrected chi connectivity index (χ3v) is 7.43. The van der Waals surface area contributed by atoms with Gasteiger partial charge in [0.25, 0.3) is 0 Å². The molecule has 0 saturated carbocycles. The average Bonchev–Trinajstić information content (AvgIpc) is 2.51. The Hall–Kier alpha value is -1.12. The van der Waals surface area contributed by atoms with Gasteiger partial charge in [-0.1, -0.05) is 74.4 Å². The number of hydrogen-bond acceptors (Lipinski definition) is 4. The molecule has 0 aromatic heterocycles. The summed E-state index contributed by atoms with van der Waals surface area (Å²) in [5.41, 5.74) is 2.56. The minimum absolute atomic E-state index is 0.0602. The van der Waals surface area contributed by atoms with Crippen LogP contribution in [0.5, 0.6) is 0 Å². The third-order valence-electron chi connectivity index (χ3n) is 4.91. The Morgan fingerprint density at radius 1 is 0.828 bits per heavy atom. The molecule has 1 rings (SSSR count). The molecule has 1 unspecified atom stereocenters. The minimum atomic E-state index is -3.47. The zero-order chi connectivity index (χ0) is 22.8. The highest BCUT2D eigenvalue weighted by Crippen LogP contribution is 2.51. The molecule has 0 bridgehead atoms. The number of hydrogen-bond donors (Lipinski definition) is 0.